The number of rotatable bonds is 6. The van der Waals surface area contributed by atoms with Crippen LogP contribution >= 0.6 is 0 Å². The molecule has 3 aromatic rings. The van der Waals surface area contributed by atoms with Crippen LogP contribution in [0.1, 0.15) is 49.3 Å². The first kappa shape index (κ1) is 17.9. The maximum atomic E-state index is 12.4. The molecule has 0 bridgehead atoms. The number of hydrogen-bond acceptors (Lipinski definition) is 5. The summed E-state index contributed by atoms with van der Waals surface area (Å²) in [5, 5.41) is 7.30. The van der Waals surface area contributed by atoms with Gasteiger partial charge < -0.3 is 9.26 Å². The molecule has 140 valence electrons. The van der Waals surface area contributed by atoms with Crippen LogP contribution in [0.2, 0.25) is 0 Å². The molecule has 0 saturated heterocycles. The van der Waals surface area contributed by atoms with Gasteiger partial charge in [-0.25, -0.2) is 0 Å². The normalized spacial score (nSPS) is 17.9. The van der Waals surface area contributed by atoms with Crippen molar-refractivity contribution in [3.63, 3.8) is 0 Å². The van der Waals surface area contributed by atoms with Crippen LogP contribution in [0.3, 0.4) is 0 Å². The summed E-state index contributed by atoms with van der Waals surface area (Å²) in [6, 6.07) is 10.4. The summed E-state index contributed by atoms with van der Waals surface area (Å²) >= 11 is 0. The monoisotopic (exact) mass is 365 g/mol. The molecule has 5 heteroatoms. The van der Waals surface area contributed by atoms with Crippen molar-refractivity contribution in [1.82, 2.24) is 5.16 Å². The molecule has 1 saturated carbocycles. The Kier molecular flexibility index (Phi) is 5.03. The Morgan fingerprint density at radius 3 is 2.89 bits per heavy atom. The number of methoxy groups -OCH3 is 1. The lowest BCUT2D eigenvalue weighted by molar-refractivity contribution is -0.130. The van der Waals surface area contributed by atoms with Crippen LogP contribution in [0.25, 0.3) is 21.7 Å². The summed E-state index contributed by atoms with van der Waals surface area (Å²) in [6.07, 6.45) is 4.11. The molecule has 0 spiro atoms. The van der Waals surface area contributed by atoms with Crippen molar-refractivity contribution in [1.29, 1.82) is 0 Å². The highest BCUT2D eigenvalue weighted by Crippen LogP contribution is 2.36. The Balaban J connectivity index is 1.69. The van der Waals surface area contributed by atoms with Gasteiger partial charge in [0.1, 0.15) is 17.3 Å². The first-order chi connectivity index (χ1) is 13.2. The third-order valence-electron chi connectivity index (χ3n) is 5.41. The standard InChI is InChI=1S/C22H23NO4/c1-26-11-3-2-4-14-5-8-17-15(12-14)6-10-20-21(17)22(23-27-20)18-9-7-16(24)13-19(18)25/h5-6,8,10,12,18H,2-4,7,9,11,13H2,1H3/t18-/m0/s1. The predicted octanol–water partition coefficient (Wildman–Crippen LogP) is 4.36. The van der Waals surface area contributed by atoms with E-state index in [2.05, 4.69) is 23.4 Å². The number of carbonyl (C=O) groups is 2. The largest absolute Gasteiger partial charge is 0.385 e. The highest BCUT2D eigenvalue weighted by molar-refractivity contribution is 6.11. The Morgan fingerprint density at radius 2 is 2.07 bits per heavy atom. The molecular weight excluding hydrogens is 342 g/mol. The Bertz CT molecular complexity index is 1000. The third kappa shape index (κ3) is 3.52. The van der Waals surface area contributed by atoms with Crippen molar-refractivity contribution in [2.24, 2.45) is 0 Å². The van der Waals surface area contributed by atoms with E-state index >= 15 is 0 Å². The molecule has 0 N–H and O–H groups in total. The van der Waals surface area contributed by atoms with E-state index in [4.69, 9.17) is 9.26 Å². The maximum absolute atomic E-state index is 12.4. The van der Waals surface area contributed by atoms with Crippen LogP contribution in [0.15, 0.2) is 34.9 Å². The zero-order valence-electron chi connectivity index (χ0n) is 15.5. The molecular formula is C22H23NO4. The molecule has 1 aromatic heterocycles. The second kappa shape index (κ2) is 7.61. The van der Waals surface area contributed by atoms with Crippen LogP contribution in [-0.2, 0) is 20.7 Å². The molecule has 0 amide bonds. The van der Waals surface area contributed by atoms with Gasteiger partial charge in [-0.1, -0.05) is 29.4 Å². The number of Topliss-reactive ketones (excluding diaryl/α,β-unsaturated/α-hetero) is 2. The fourth-order valence-electron chi connectivity index (χ4n) is 3.97. The summed E-state index contributed by atoms with van der Waals surface area (Å²) in [5.41, 5.74) is 2.66. The molecule has 1 fully saturated rings. The summed E-state index contributed by atoms with van der Waals surface area (Å²) in [5.74, 6) is -0.372. The highest BCUT2D eigenvalue weighted by atomic mass is 16.5. The summed E-state index contributed by atoms with van der Waals surface area (Å²) < 4.78 is 10.6. The SMILES string of the molecule is COCCCCc1ccc2c(ccc3onc([C@H]4CCC(=O)CC4=O)c32)c1. The number of carbonyl (C=O) groups excluding carboxylic acids is 2. The van der Waals surface area contributed by atoms with E-state index in [9.17, 15) is 9.59 Å². The van der Waals surface area contributed by atoms with E-state index in [1.165, 1.54) is 5.56 Å². The molecule has 4 rings (SSSR count). The molecule has 0 aliphatic heterocycles. The number of ketones is 2. The van der Waals surface area contributed by atoms with Gasteiger partial charge in [-0.3, -0.25) is 9.59 Å². The molecule has 0 unspecified atom stereocenters. The first-order valence-electron chi connectivity index (χ1n) is 9.51. The van der Waals surface area contributed by atoms with Crippen molar-refractivity contribution in [2.75, 3.05) is 13.7 Å². The lowest BCUT2D eigenvalue weighted by atomic mass is 9.83. The smallest absolute Gasteiger partial charge is 0.167 e. The van der Waals surface area contributed by atoms with Gasteiger partial charge in [0.2, 0.25) is 0 Å². The van der Waals surface area contributed by atoms with E-state index in [1.54, 1.807) is 7.11 Å². The highest BCUT2D eigenvalue weighted by Gasteiger charge is 2.32. The van der Waals surface area contributed by atoms with E-state index in [0.29, 0.717) is 24.1 Å². The van der Waals surface area contributed by atoms with Crippen LogP contribution < -0.4 is 0 Å². The zero-order valence-corrected chi connectivity index (χ0v) is 15.5. The van der Waals surface area contributed by atoms with E-state index in [1.807, 2.05) is 12.1 Å². The van der Waals surface area contributed by atoms with Crippen LogP contribution in [0, 0.1) is 0 Å². The molecule has 1 atom stereocenters. The Morgan fingerprint density at radius 1 is 1.19 bits per heavy atom. The van der Waals surface area contributed by atoms with Gasteiger partial charge in [-0.2, -0.15) is 0 Å². The number of hydrogen-bond donors (Lipinski definition) is 0. The van der Waals surface area contributed by atoms with Crippen LogP contribution in [-0.4, -0.2) is 30.4 Å². The van der Waals surface area contributed by atoms with Crippen molar-refractivity contribution in [3.05, 3.63) is 41.6 Å². The van der Waals surface area contributed by atoms with E-state index in [0.717, 1.165) is 42.0 Å². The van der Waals surface area contributed by atoms with E-state index < -0.39 is 0 Å². The van der Waals surface area contributed by atoms with Gasteiger partial charge in [0.25, 0.3) is 0 Å². The van der Waals surface area contributed by atoms with Crippen molar-refractivity contribution < 1.29 is 18.8 Å². The number of benzene rings is 2. The summed E-state index contributed by atoms with van der Waals surface area (Å²) in [4.78, 5) is 24.0. The second-order valence-corrected chi connectivity index (χ2v) is 7.28. The number of fused-ring (bicyclic) bond motifs is 3. The van der Waals surface area contributed by atoms with Gasteiger partial charge in [-0.05, 0) is 48.1 Å². The molecule has 1 aliphatic carbocycles. The number of aryl methyl sites for hydroxylation is 1. The lowest BCUT2D eigenvalue weighted by Crippen LogP contribution is -2.23. The van der Waals surface area contributed by atoms with E-state index in [-0.39, 0.29) is 23.9 Å². The summed E-state index contributed by atoms with van der Waals surface area (Å²) in [7, 11) is 1.73. The molecule has 2 aromatic carbocycles. The van der Waals surface area contributed by atoms with Crippen molar-refractivity contribution in [3.8, 4) is 0 Å². The number of aromatic nitrogens is 1. The number of nitrogens with zero attached hydrogens (tertiary/aromatic N) is 1. The fourth-order valence-corrected chi connectivity index (χ4v) is 3.97. The van der Waals surface area contributed by atoms with Crippen molar-refractivity contribution >= 4 is 33.3 Å². The number of unbranched alkanes of at least 4 members (excludes halogenated alkanes) is 1. The van der Waals surface area contributed by atoms with Crippen molar-refractivity contribution in [2.45, 2.75) is 44.4 Å². The zero-order chi connectivity index (χ0) is 18.8. The van der Waals surface area contributed by atoms with Gasteiger partial charge in [-0.15, -0.1) is 0 Å². The second-order valence-electron chi connectivity index (χ2n) is 7.28. The first-order valence-corrected chi connectivity index (χ1v) is 9.51. The minimum Gasteiger partial charge on any atom is -0.385 e. The molecule has 5 nitrogen and oxygen atoms in total. The maximum Gasteiger partial charge on any atom is 0.167 e. The van der Waals surface area contributed by atoms with Gasteiger partial charge in [0, 0.05) is 20.1 Å². The minimum absolute atomic E-state index is 0.00933. The van der Waals surface area contributed by atoms with Crippen LogP contribution in [0.4, 0.5) is 0 Å². The predicted molar refractivity (Wildman–Crippen MR) is 103 cm³/mol. The minimum atomic E-state index is -0.344. The van der Waals surface area contributed by atoms with Gasteiger partial charge in [0.15, 0.2) is 5.58 Å². The topological polar surface area (TPSA) is 69.4 Å². The lowest BCUT2D eigenvalue weighted by Gasteiger charge is -2.18. The van der Waals surface area contributed by atoms with Gasteiger partial charge >= 0.3 is 0 Å². The average Bonchev–Trinajstić information content (AvgIpc) is 3.09. The fraction of sp³-hybridized carbons (Fsp3) is 0.409. The molecule has 27 heavy (non-hydrogen) atoms. The third-order valence-corrected chi connectivity index (χ3v) is 5.41. The van der Waals surface area contributed by atoms with Gasteiger partial charge in [0.05, 0.1) is 17.7 Å². The molecule has 1 aliphatic rings. The summed E-state index contributed by atoms with van der Waals surface area (Å²) in [6.45, 7) is 0.788. The molecule has 1 heterocycles. The van der Waals surface area contributed by atoms with Crippen LogP contribution in [0.5, 0.6) is 0 Å². The average molecular weight is 365 g/mol. The Labute approximate surface area is 157 Å². The Hall–Kier alpha value is -2.53. The molecule has 0 radical (unpaired) electrons. The number of ether oxygens (including phenoxy) is 1. The quantitative estimate of drug-likeness (QED) is 0.480.